The summed E-state index contributed by atoms with van der Waals surface area (Å²) in [7, 11) is 0. The van der Waals surface area contributed by atoms with Crippen LogP contribution in [0.1, 0.15) is 0 Å². The Morgan fingerprint density at radius 1 is 1.30 bits per heavy atom. The summed E-state index contributed by atoms with van der Waals surface area (Å²) in [6.07, 6.45) is 0. The molecule has 0 spiro atoms. The van der Waals surface area contributed by atoms with Crippen molar-refractivity contribution in [3.05, 3.63) is 29.5 Å². The summed E-state index contributed by atoms with van der Waals surface area (Å²) < 4.78 is 0. The Labute approximate surface area is 100 Å². The van der Waals surface area contributed by atoms with Crippen LogP contribution in [-0.2, 0) is 17.1 Å². The maximum atomic E-state index is 6.25. The maximum Gasteiger partial charge on any atom is 1.00 e. The fourth-order valence-corrected chi connectivity index (χ4v) is 0.589. The van der Waals surface area contributed by atoms with Crippen molar-refractivity contribution in [2.24, 2.45) is 0 Å². The van der Waals surface area contributed by atoms with E-state index in [1.165, 1.54) is 0 Å². The first-order valence-corrected chi connectivity index (χ1v) is 2.50. The van der Waals surface area contributed by atoms with Crippen LogP contribution in [0.4, 0.5) is 0 Å². The molecule has 0 atom stereocenters. The zero-order chi connectivity index (χ0) is 5.54. The normalized spacial score (nSPS) is 4.20. The Balaban J connectivity index is -0.0000000337. The molecule has 47 valence electrons. The summed E-state index contributed by atoms with van der Waals surface area (Å²) in [4.78, 5) is 0. The molecule has 5 heteroatoms. The Morgan fingerprint density at radius 3 is 1.90 bits per heavy atom. The molecule has 0 saturated heterocycles. The minimum Gasteiger partial charge on any atom is -0.512 e. The van der Waals surface area contributed by atoms with Crippen LogP contribution >= 0.6 is 11.3 Å². The molecular formula is C5H3CuLi2NS. The molecule has 0 bridgehead atoms. The van der Waals surface area contributed by atoms with E-state index in [2.05, 4.69) is 5.38 Å². The number of thiophene rings is 1. The van der Waals surface area contributed by atoms with E-state index in [-0.39, 0.29) is 54.8 Å². The predicted octanol–water partition coefficient (Wildman–Crippen LogP) is -4.35. The van der Waals surface area contributed by atoms with E-state index in [0.29, 0.717) is 0 Å². The molecule has 1 heterocycles. The zero-order valence-corrected chi connectivity index (χ0v) is 7.65. The molecule has 0 amide bonds. The van der Waals surface area contributed by atoms with Crippen LogP contribution in [0.3, 0.4) is 0 Å². The van der Waals surface area contributed by atoms with E-state index in [9.17, 15) is 0 Å². The molecule has 0 saturated carbocycles. The van der Waals surface area contributed by atoms with Crippen molar-refractivity contribution in [3.8, 4) is 0 Å². The average molecular weight is 187 g/mol. The van der Waals surface area contributed by atoms with Gasteiger partial charge in [0.05, 0.1) is 0 Å². The van der Waals surface area contributed by atoms with E-state index in [1.807, 2.05) is 17.5 Å². The van der Waals surface area contributed by atoms with Gasteiger partial charge in [0.2, 0.25) is 0 Å². The third-order valence-electron chi connectivity index (χ3n) is 0.379. The first-order valence-electron chi connectivity index (χ1n) is 1.62. The monoisotopic (exact) mass is 186 g/mol. The fraction of sp³-hybridized carbons (Fsp3) is 0. The molecule has 1 rings (SSSR count). The summed E-state index contributed by atoms with van der Waals surface area (Å²) >= 11 is 1.59. The van der Waals surface area contributed by atoms with Gasteiger partial charge in [-0.05, 0) is 0 Å². The molecule has 0 aromatic carbocycles. The molecule has 1 aromatic heterocycles. The van der Waals surface area contributed by atoms with Crippen LogP contribution in [0, 0.1) is 17.2 Å². The second-order valence-electron chi connectivity index (χ2n) is 0.731. The van der Waals surface area contributed by atoms with Crippen LogP contribution in [0.5, 0.6) is 0 Å². The van der Waals surface area contributed by atoms with E-state index in [1.54, 1.807) is 11.3 Å². The van der Waals surface area contributed by atoms with Gasteiger partial charge >= 0.3 is 37.7 Å². The van der Waals surface area contributed by atoms with Gasteiger partial charge in [0, 0.05) is 17.1 Å². The second-order valence-corrected chi connectivity index (χ2v) is 1.47. The summed E-state index contributed by atoms with van der Waals surface area (Å²) in [5, 5.41) is 11.1. The van der Waals surface area contributed by atoms with Crippen LogP contribution < -0.4 is 37.7 Å². The summed E-state index contributed by atoms with van der Waals surface area (Å²) in [5.74, 6) is 0. The van der Waals surface area contributed by atoms with Crippen molar-refractivity contribution in [1.29, 1.82) is 5.26 Å². The van der Waals surface area contributed by atoms with Gasteiger partial charge in [0.15, 0.2) is 0 Å². The third kappa shape index (κ3) is 16.0. The van der Waals surface area contributed by atoms with Gasteiger partial charge in [-0.1, -0.05) is 0 Å². The first-order chi connectivity index (χ1) is 3.50. The molecule has 1 radical (unpaired) electrons. The van der Waals surface area contributed by atoms with Crippen molar-refractivity contribution in [3.63, 3.8) is 0 Å². The molecule has 0 aliphatic heterocycles. The third-order valence-corrected chi connectivity index (χ3v) is 0.944. The van der Waals surface area contributed by atoms with E-state index in [0.717, 1.165) is 0 Å². The Bertz CT molecular complexity index is 103. The van der Waals surface area contributed by atoms with Crippen molar-refractivity contribution < 1.29 is 54.8 Å². The SMILES string of the molecule is [C-]#N.[Cu].[Li+].[Li+].[c-]1cccs1. The Kier molecular flexibility index (Phi) is 50.5. The number of hydrogen-bond acceptors (Lipinski definition) is 2. The Morgan fingerprint density at radius 2 is 1.80 bits per heavy atom. The summed E-state index contributed by atoms with van der Waals surface area (Å²) in [6.45, 7) is 4.75. The van der Waals surface area contributed by atoms with E-state index < -0.39 is 0 Å². The topological polar surface area (TPSA) is 23.8 Å². The number of hydrogen-bond donors (Lipinski definition) is 0. The summed E-state index contributed by atoms with van der Waals surface area (Å²) in [6, 6.07) is 3.86. The second kappa shape index (κ2) is 22.5. The van der Waals surface area contributed by atoms with Gasteiger partial charge in [-0.3, -0.25) is 0 Å². The molecular weight excluding hydrogens is 184 g/mol. The molecule has 0 unspecified atom stereocenters. The zero-order valence-electron chi connectivity index (χ0n) is 5.89. The smallest absolute Gasteiger partial charge is 0.512 e. The van der Waals surface area contributed by atoms with Gasteiger partial charge in [0.25, 0.3) is 0 Å². The molecule has 0 fully saturated rings. The van der Waals surface area contributed by atoms with Gasteiger partial charge < -0.3 is 23.2 Å². The van der Waals surface area contributed by atoms with E-state index >= 15 is 0 Å². The molecule has 0 N–H and O–H groups in total. The maximum absolute atomic E-state index is 6.25. The van der Waals surface area contributed by atoms with Crippen molar-refractivity contribution in [2.75, 3.05) is 0 Å². The number of rotatable bonds is 0. The Hall–Kier alpha value is 0.904. The largest absolute Gasteiger partial charge is 1.00 e. The molecule has 0 aliphatic rings. The van der Waals surface area contributed by atoms with Crippen LogP contribution in [0.15, 0.2) is 17.5 Å². The van der Waals surface area contributed by atoms with Crippen molar-refractivity contribution >= 4 is 11.3 Å². The summed E-state index contributed by atoms with van der Waals surface area (Å²) in [5.41, 5.74) is 0. The van der Waals surface area contributed by atoms with Crippen LogP contribution in [0.25, 0.3) is 0 Å². The standard InChI is InChI=1S/C4H3S.CN.Cu.2Li/c1-2-4-5-3-1;1-2;;;/h1-3H;;;;/q2*-1;;2*+1. The van der Waals surface area contributed by atoms with Crippen molar-refractivity contribution in [1.82, 2.24) is 0 Å². The van der Waals surface area contributed by atoms with Crippen LogP contribution in [-0.4, -0.2) is 0 Å². The number of nitrogens with zero attached hydrogens (tertiary/aromatic N) is 1. The van der Waals surface area contributed by atoms with Gasteiger partial charge in [0.1, 0.15) is 0 Å². The molecule has 10 heavy (non-hydrogen) atoms. The minimum atomic E-state index is 0. The predicted molar refractivity (Wildman–Crippen MR) is 28.1 cm³/mol. The van der Waals surface area contributed by atoms with Crippen LogP contribution in [0.2, 0.25) is 0 Å². The van der Waals surface area contributed by atoms with Gasteiger partial charge in [-0.2, -0.15) is 11.4 Å². The minimum absolute atomic E-state index is 0. The average Bonchev–Trinajstić information content (AvgIpc) is 2.23. The molecule has 1 aromatic rings. The quantitative estimate of drug-likeness (QED) is 0.297. The van der Waals surface area contributed by atoms with E-state index in [4.69, 9.17) is 11.8 Å². The fourth-order valence-electron chi connectivity index (χ4n) is 0.196. The first kappa shape index (κ1) is 22.4. The van der Waals surface area contributed by atoms with Gasteiger partial charge in [-0.15, -0.1) is 5.38 Å². The molecule has 1 nitrogen and oxygen atoms in total. The van der Waals surface area contributed by atoms with Gasteiger partial charge in [-0.25, -0.2) is 6.07 Å². The van der Waals surface area contributed by atoms with Crippen molar-refractivity contribution in [2.45, 2.75) is 0 Å². The molecule has 0 aliphatic carbocycles.